The fourth-order valence-corrected chi connectivity index (χ4v) is 2.93. The maximum absolute atomic E-state index is 14.5. The molecule has 130 valence electrons. The first kappa shape index (κ1) is 19.4. The van der Waals surface area contributed by atoms with Crippen molar-refractivity contribution in [3.63, 3.8) is 0 Å². The molecule has 0 aliphatic rings. The van der Waals surface area contributed by atoms with Crippen LogP contribution >= 0.6 is 0 Å². The molecule has 1 atom stereocenters. The van der Waals surface area contributed by atoms with Crippen molar-refractivity contribution in [3.8, 4) is 5.75 Å². The Morgan fingerprint density at radius 3 is 2.39 bits per heavy atom. The van der Waals surface area contributed by atoms with Crippen molar-refractivity contribution in [1.29, 1.82) is 0 Å². The van der Waals surface area contributed by atoms with Gasteiger partial charge in [-0.15, -0.1) is 0 Å². The van der Waals surface area contributed by atoms with Crippen LogP contribution in [-0.4, -0.2) is 26.8 Å². The fraction of sp³-hybridized carbons (Fsp3) is 0.611. The zero-order chi connectivity index (χ0) is 17.5. The lowest BCUT2D eigenvalue weighted by atomic mass is 9.85. The van der Waals surface area contributed by atoms with Crippen molar-refractivity contribution in [1.82, 2.24) is 0 Å². The van der Waals surface area contributed by atoms with Gasteiger partial charge in [0.05, 0.1) is 25.7 Å². The second kappa shape index (κ2) is 8.87. The van der Waals surface area contributed by atoms with Crippen LogP contribution < -0.4 is 4.74 Å². The number of methoxy groups -OCH3 is 2. The van der Waals surface area contributed by atoms with E-state index in [0.29, 0.717) is 12.0 Å². The third kappa shape index (κ3) is 4.44. The molecular formula is C18H27FO4. The van der Waals surface area contributed by atoms with E-state index < -0.39 is 17.4 Å². The first-order valence-electron chi connectivity index (χ1n) is 8.05. The van der Waals surface area contributed by atoms with Crippen LogP contribution in [0.5, 0.6) is 5.75 Å². The molecular weight excluding hydrogens is 299 g/mol. The average Bonchev–Trinajstić information content (AvgIpc) is 2.52. The molecule has 1 rings (SSSR count). The molecule has 0 fully saturated rings. The number of hydrogen-bond donors (Lipinski definition) is 0. The summed E-state index contributed by atoms with van der Waals surface area (Å²) in [6, 6.07) is 3.23. The Bertz CT molecular complexity index is 524. The fourth-order valence-electron chi connectivity index (χ4n) is 2.93. The molecule has 0 aliphatic heterocycles. The summed E-state index contributed by atoms with van der Waals surface area (Å²) in [5, 5.41) is 0. The predicted octanol–water partition coefficient (Wildman–Crippen LogP) is 3.99. The molecule has 0 spiro atoms. The van der Waals surface area contributed by atoms with E-state index in [1.165, 1.54) is 13.2 Å². The molecule has 4 nitrogen and oxygen atoms in total. The van der Waals surface area contributed by atoms with Crippen molar-refractivity contribution >= 4 is 5.97 Å². The van der Waals surface area contributed by atoms with Crippen LogP contribution in [0, 0.1) is 5.82 Å². The van der Waals surface area contributed by atoms with Gasteiger partial charge >= 0.3 is 5.97 Å². The average molecular weight is 326 g/mol. The Morgan fingerprint density at radius 2 is 1.91 bits per heavy atom. The number of ether oxygens (including phenoxy) is 3. The van der Waals surface area contributed by atoms with Gasteiger partial charge in [-0.1, -0.05) is 20.3 Å². The smallest absolute Gasteiger partial charge is 0.310 e. The van der Waals surface area contributed by atoms with Crippen molar-refractivity contribution in [2.75, 3.05) is 20.8 Å². The summed E-state index contributed by atoms with van der Waals surface area (Å²) >= 11 is 0. The minimum atomic E-state index is -0.564. The second-order valence-electron chi connectivity index (χ2n) is 5.43. The molecule has 0 saturated heterocycles. The number of benzene rings is 1. The molecule has 1 unspecified atom stereocenters. The number of carbonyl (C=O) groups is 1. The summed E-state index contributed by atoms with van der Waals surface area (Å²) in [6.45, 7) is 6.09. The molecule has 0 aliphatic carbocycles. The maximum Gasteiger partial charge on any atom is 0.310 e. The van der Waals surface area contributed by atoms with Crippen LogP contribution in [0.1, 0.15) is 51.2 Å². The molecule has 0 radical (unpaired) electrons. The van der Waals surface area contributed by atoms with Crippen molar-refractivity contribution < 1.29 is 23.4 Å². The van der Waals surface area contributed by atoms with E-state index in [-0.39, 0.29) is 18.8 Å². The molecule has 0 heterocycles. The number of rotatable bonds is 9. The summed E-state index contributed by atoms with van der Waals surface area (Å²) in [6.07, 6.45) is 2.35. The van der Waals surface area contributed by atoms with Crippen molar-refractivity contribution in [2.24, 2.45) is 0 Å². The van der Waals surface area contributed by atoms with E-state index >= 15 is 0 Å². The number of hydrogen-bond acceptors (Lipinski definition) is 4. The molecule has 23 heavy (non-hydrogen) atoms. The van der Waals surface area contributed by atoms with Gasteiger partial charge in [-0.2, -0.15) is 0 Å². The monoisotopic (exact) mass is 326 g/mol. The van der Waals surface area contributed by atoms with Gasteiger partial charge in [-0.05, 0) is 37.5 Å². The maximum atomic E-state index is 14.5. The normalized spacial score (nSPS) is 13.5. The van der Waals surface area contributed by atoms with Crippen LogP contribution in [0.3, 0.4) is 0 Å². The Labute approximate surface area is 137 Å². The van der Waals surface area contributed by atoms with E-state index in [2.05, 4.69) is 6.92 Å². The molecule has 0 amide bonds. The van der Waals surface area contributed by atoms with Crippen molar-refractivity contribution in [2.45, 2.75) is 52.1 Å². The third-order valence-electron chi connectivity index (χ3n) is 4.11. The standard InChI is InChI=1S/C18H27FO4/c1-6-9-18(7-2,22-5)14-10-13(11-16(20)23-8-3)17(21-4)15(19)12-14/h10,12H,6-9,11H2,1-5H3. The van der Waals surface area contributed by atoms with E-state index in [1.807, 2.05) is 6.92 Å². The molecule has 0 saturated carbocycles. The van der Waals surface area contributed by atoms with E-state index in [4.69, 9.17) is 14.2 Å². The van der Waals surface area contributed by atoms with Crippen LogP contribution in [0.4, 0.5) is 4.39 Å². The number of esters is 1. The number of carbonyl (C=O) groups excluding carboxylic acids is 1. The zero-order valence-corrected chi connectivity index (χ0v) is 14.7. The SMILES string of the molecule is CCCC(CC)(OC)c1cc(F)c(OC)c(CC(=O)OCC)c1. The summed E-state index contributed by atoms with van der Waals surface area (Å²) in [5.74, 6) is -0.813. The van der Waals surface area contributed by atoms with E-state index in [1.54, 1.807) is 20.1 Å². The first-order chi connectivity index (χ1) is 11.0. The molecule has 5 heteroatoms. The largest absolute Gasteiger partial charge is 0.493 e. The third-order valence-corrected chi connectivity index (χ3v) is 4.11. The highest BCUT2D eigenvalue weighted by Gasteiger charge is 2.31. The molecule has 0 bridgehead atoms. The van der Waals surface area contributed by atoms with Crippen LogP contribution in [0.15, 0.2) is 12.1 Å². The number of halogens is 1. The lowest BCUT2D eigenvalue weighted by molar-refractivity contribution is -0.142. The molecule has 0 aromatic heterocycles. The molecule has 1 aromatic rings. The zero-order valence-electron chi connectivity index (χ0n) is 14.7. The van der Waals surface area contributed by atoms with E-state index in [0.717, 1.165) is 18.4 Å². The Hall–Kier alpha value is -1.62. The lowest BCUT2D eigenvalue weighted by Crippen LogP contribution is -2.28. The Kier molecular flexibility index (Phi) is 7.49. The Balaban J connectivity index is 3.34. The summed E-state index contributed by atoms with van der Waals surface area (Å²) < 4.78 is 30.3. The quantitative estimate of drug-likeness (QED) is 0.644. The predicted molar refractivity (Wildman–Crippen MR) is 87.2 cm³/mol. The minimum absolute atomic E-state index is 0.0304. The van der Waals surface area contributed by atoms with Crippen LogP contribution in [-0.2, 0) is 26.3 Å². The highest BCUT2D eigenvalue weighted by Crippen LogP contribution is 2.37. The van der Waals surface area contributed by atoms with Gasteiger partial charge in [0.25, 0.3) is 0 Å². The highest BCUT2D eigenvalue weighted by atomic mass is 19.1. The summed E-state index contributed by atoms with van der Waals surface area (Å²) in [4.78, 5) is 11.8. The minimum Gasteiger partial charge on any atom is -0.493 e. The summed E-state index contributed by atoms with van der Waals surface area (Å²) in [7, 11) is 3.02. The summed E-state index contributed by atoms with van der Waals surface area (Å²) in [5.41, 5.74) is 0.638. The van der Waals surface area contributed by atoms with Gasteiger partial charge in [-0.25, -0.2) is 4.39 Å². The van der Waals surface area contributed by atoms with Gasteiger partial charge in [0.15, 0.2) is 11.6 Å². The van der Waals surface area contributed by atoms with Gasteiger partial charge in [0.1, 0.15) is 0 Å². The van der Waals surface area contributed by atoms with Gasteiger partial charge in [-0.3, -0.25) is 4.79 Å². The molecule has 1 aromatic carbocycles. The van der Waals surface area contributed by atoms with Crippen LogP contribution in [0.25, 0.3) is 0 Å². The first-order valence-corrected chi connectivity index (χ1v) is 8.05. The van der Waals surface area contributed by atoms with Gasteiger partial charge in [0.2, 0.25) is 0 Å². The topological polar surface area (TPSA) is 44.8 Å². The van der Waals surface area contributed by atoms with Crippen LogP contribution in [0.2, 0.25) is 0 Å². The Morgan fingerprint density at radius 1 is 1.22 bits per heavy atom. The molecule has 0 N–H and O–H groups in total. The second-order valence-corrected chi connectivity index (χ2v) is 5.43. The van der Waals surface area contributed by atoms with Gasteiger partial charge in [0, 0.05) is 12.7 Å². The van der Waals surface area contributed by atoms with Crippen molar-refractivity contribution in [3.05, 3.63) is 29.1 Å². The lowest BCUT2D eigenvalue weighted by Gasteiger charge is -2.32. The van der Waals surface area contributed by atoms with Gasteiger partial charge < -0.3 is 14.2 Å². The van der Waals surface area contributed by atoms with E-state index in [9.17, 15) is 9.18 Å². The highest BCUT2D eigenvalue weighted by molar-refractivity contribution is 5.73.